The van der Waals surface area contributed by atoms with Gasteiger partial charge in [-0.3, -0.25) is 4.98 Å². The van der Waals surface area contributed by atoms with Gasteiger partial charge in [0.05, 0.1) is 6.61 Å². The van der Waals surface area contributed by atoms with E-state index in [9.17, 15) is 8.42 Å². The summed E-state index contributed by atoms with van der Waals surface area (Å²) < 4.78 is 26.8. The van der Waals surface area contributed by atoms with Crippen molar-refractivity contribution in [3.05, 3.63) is 24.0 Å². The van der Waals surface area contributed by atoms with E-state index in [0.29, 0.717) is 25.1 Å². The maximum Gasteiger partial charge on any atom is 0.244 e. The second-order valence-electron chi connectivity index (χ2n) is 5.00. The summed E-state index contributed by atoms with van der Waals surface area (Å²) in [4.78, 5) is 4.17. The van der Waals surface area contributed by atoms with Crippen molar-refractivity contribution in [1.29, 1.82) is 0 Å². The van der Waals surface area contributed by atoms with Crippen LogP contribution in [0.5, 0.6) is 0 Å². The molecule has 0 aliphatic carbocycles. The highest BCUT2D eigenvalue weighted by atomic mass is 32.2. The van der Waals surface area contributed by atoms with Crippen molar-refractivity contribution in [1.82, 2.24) is 9.29 Å². The number of nitrogens with zero attached hydrogens (tertiary/aromatic N) is 2. The molecule has 5 nitrogen and oxygen atoms in total. The van der Waals surface area contributed by atoms with Gasteiger partial charge in [0.15, 0.2) is 0 Å². The average Bonchev–Trinajstić information content (AvgIpc) is 2.77. The first kappa shape index (κ1) is 16.0. The molecule has 0 bridgehead atoms. The number of hydrogen-bond donors (Lipinski definition) is 1. The molecule has 6 heteroatoms. The van der Waals surface area contributed by atoms with Crippen LogP contribution in [0.4, 0.5) is 0 Å². The van der Waals surface area contributed by atoms with Crippen LogP contribution < -0.4 is 0 Å². The van der Waals surface area contributed by atoms with Crippen LogP contribution in [-0.4, -0.2) is 42.5 Å². The molecule has 1 aromatic rings. The molecule has 114 valence electrons. The van der Waals surface area contributed by atoms with E-state index in [1.165, 1.54) is 12.4 Å². The van der Waals surface area contributed by atoms with Crippen LogP contribution in [0.15, 0.2) is 23.4 Å². The molecule has 0 spiro atoms. The lowest BCUT2D eigenvalue weighted by atomic mass is 10.2. The number of pyridine rings is 1. The number of aliphatic hydroxyl groups excluding tert-OH is 1. The minimum atomic E-state index is -3.48. The lowest BCUT2D eigenvalue weighted by Crippen LogP contribution is -2.32. The van der Waals surface area contributed by atoms with Crippen LogP contribution in [0.1, 0.15) is 37.7 Å². The summed E-state index contributed by atoms with van der Waals surface area (Å²) in [6.45, 7) is 1.14. The molecule has 21 heavy (non-hydrogen) atoms. The Kier molecular flexibility index (Phi) is 5.74. The Morgan fingerprint density at radius 1 is 1.19 bits per heavy atom. The zero-order valence-electron chi connectivity index (χ0n) is 12.0. The minimum absolute atomic E-state index is 0.00774. The van der Waals surface area contributed by atoms with E-state index in [4.69, 9.17) is 5.11 Å². The van der Waals surface area contributed by atoms with Gasteiger partial charge in [-0.15, -0.1) is 0 Å². The van der Waals surface area contributed by atoms with E-state index in [2.05, 4.69) is 16.8 Å². The molecular formula is C15H20N2O3S. The Bertz CT molecular complexity index is 624. The first-order chi connectivity index (χ1) is 10.1. The van der Waals surface area contributed by atoms with Gasteiger partial charge in [-0.05, 0) is 18.9 Å². The van der Waals surface area contributed by atoms with Crippen molar-refractivity contribution in [3.8, 4) is 11.8 Å². The normalized spacial score (nSPS) is 16.8. The lowest BCUT2D eigenvalue weighted by molar-refractivity contribution is 0.305. The second kappa shape index (κ2) is 7.55. The predicted molar refractivity (Wildman–Crippen MR) is 80.0 cm³/mol. The summed E-state index contributed by atoms with van der Waals surface area (Å²) in [7, 11) is -3.48. The first-order valence-electron chi connectivity index (χ1n) is 7.19. The largest absolute Gasteiger partial charge is 0.395 e. The van der Waals surface area contributed by atoms with E-state index < -0.39 is 10.0 Å². The number of rotatable bonds is 3. The van der Waals surface area contributed by atoms with Gasteiger partial charge in [0.2, 0.25) is 10.0 Å². The van der Waals surface area contributed by atoms with Crippen LogP contribution in [0.3, 0.4) is 0 Å². The van der Waals surface area contributed by atoms with Crippen molar-refractivity contribution >= 4 is 10.0 Å². The molecule has 0 unspecified atom stereocenters. The third-order valence-corrected chi connectivity index (χ3v) is 5.25. The molecule has 0 radical (unpaired) electrons. The Hall–Kier alpha value is -1.42. The van der Waals surface area contributed by atoms with Gasteiger partial charge in [0, 0.05) is 37.5 Å². The standard InChI is InChI=1S/C15H20N2O3S/c18-10-6-3-7-14-11-15(13-16-12-14)21(19,20)17-8-4-1-2-5-9-17/h11-13,18H,1-2,4-6,8-10H2. The third kappa shape index (κ3) is 4.27. The van der Waals surface area contributed by atoms with Crippen LogP contribution >= 0.6 is 0 Å². The van der Waals surface area contributed by atoms with E-state index >= 15 is 0 Å². The highest BCUT2D eigenvalue weighted by Crippen LogP contribution is 2.20. The SMILES string of the molecule is O=S(=O)(c1cncc(C#CCCO)c1)N1CCCCCC1. The summed E-state index contributed by atoms with van der Waals surface area (Å²) >= 11 is 0. The van der Waals surface area contributed by atoms with Crippen molar-refractivity contribution < 1.29 is 13.5 Å². The van der Waals surface area contributed by atoms with Gasteiger partial charge >= 0.3 is 0 Å². The van der Waals surface area contributed by atoms with Gasteiger partial charge in [-0.1, -0.05) is 24.7 Å². The van der Waals surface area contributed by atoms with Crippen molar-refractivity contribution in [2.45, 2.75) is 37.0 Å². The molecule has 2 rings (SSSR count). The fraction of sp³-hybridized carbons (Fsp3) is 0.533. The topological polar surface area (TPSA) is 70.5 Å². The van der Waals surface area contributed by atoms with Gasteiger partial charge < -0.3 is 5.11 Å². The highest BCUT2D eigenvalue weighted by molar-refractivity contribution is 7.89. The molecule has 1 N–H and O–H groups in total. The van der Waals surface area contributed by atoms with Crippen LogP contribution in [0, 0.1) is 11.8 Å². The quantitative estimate of drug-likeness (QED) is 0.857. The molecule has 2 heterocycles. The molecule has 1 aliphatic rings. The average molecular weight is 308 g/mol. The number of aromatic nitrogens is 1. The smallest absolute Gasteiger partial charge is 0.244 e. The van der Waals surface area contributed by atoms with E-state index in [-0.39, 0.29) is 11.5 Å². The Labute approximate surface area is 126 Å². The van der Waals surface area contributed by atoms with Crippen molar-refractivity contribution in [2.75, 3.05) is 19.7 Å². The minimum Gasteiger partial charge on any atom is -0.395 e. The summed E-state index contributed by atoms with van der Waals surface area (Å²) in [6, 6.07) is 1.55. The molecule has 1 aliphatic heterocycles. The van der Waals surface area contributed by atoms with E-state index in [0.717, 1.165) is 25.7 Å². The number of hydrogen-bond acceptors (Lipinski definition) is 4. The van der Waals surface area contributed by atoms with E-state index in [1.807, 2.05) is 0 Å². The Balaban J connectivity index is 2.23. The zero-order valence-corrected chi connectivity index (χ0v) is 12.8. The van der Waals surface area contributed by atoms with Crippen molar-refractivity contribution in [3.63, 3.8) is 0 Å². The predicted octanol–water partition coefficient (Wildman–Crippen LogP) is 1.38. The number of sulfonamides is 1. The third-order valence-electron chi connectivity index (χ3n) is 3.39. The molecule has 0 atom stereocenters. The van der Waals surface area contributed by atoms with Gasteiger partial charge in [-0.25, -0.2) is 8.42 Å². The van der Waals surface area contributed by atoms with Gasteiger partial charge in [0.25, 0.3) is 0 Å². The molecule has 0 aromatic carbocycles. The van der Waals surface area contributed by atoms with E-state index in [1.54, 1.807) is 10.4 Å². The fourth-order valence-electron chi connectivity index (χ4n) is 2.28. The molecule has 1 saturated heterocycles. The van der Waals surface area contributed by atoms with Crippen LogP contribution in [-0.2, 0) is 10.0 Å². The summed E-state index contributed by atoms with van der Waals surface area (Å²) in [6.07, 6.45) is 7.24. The highest BCUT2D eigenvalue weighted by Gasteiger charge is 2.25. The maximum absolute atomic E-state index is 12.6. The van der Waals surface area contributed by atoms with Crippen LogP contribution in [0.2, 0.25) is 0 Å². The summed E-state index contributed by atoms with van der Waals surface area (Å²) in [5.41, 5.74) is 0.555. The lowest BCUT2D eigenvalue weighted by Gasteiger charge is -2.19. The Morgan fingerprint density at radius 2 is 1.90 bits per heavy atom. The molecule has 0 saturated carbocycles. The summed E-state index contributed by atoms with van der Waals surface area (Å²) in [5, 5.41) is 8.70. The number of aliphatic hydroxyl groups is 1. The first-order valence-corrected chi connectivity index (χ1v) is 8.63. The summed E-state index contributed by atoms with van der Waals surface area (Å²) in [5.74, 6) is 5.59. The zero-order chi connectivity index (χ0) is 15.1. The maximum atomic E-state index is 12.6. The Morgan fingerprint density at radius 3 is 2.57 bits per heavy atom. The second-order valence-corrected chi connectivity index (χ2v) is 6.94. The van der Waals surface area contributed by atoms with Crippen molar-refractivity contribution in [2.24, 2.45) is 0 Å². The molecule has 1 fully saturated rings. The monoisotopic (exact) mass is 308 g/mol. The van der Waals surface area contributed by atoms with Gasteiger partial charge in [0.1, 0.15) is 4.90 Å². The van der Waals surface area contributed by atoms with Gasteiger partial charge in [-0.2, -0.15) is 4.31 Å². The molecule has 1 aromatic heterocycles. The fourth-order valence-corrected chi connectivity index (χ4v) is 3.79. The molecule has 0 amide bonds. The molecular weight excluding hydrogens is 288 g/mol. The van der Waals surface area contributed by atoms with Crippen LogP contribution in [0.25, 0.3) is 0 Å².